The minimum absolute atomic E-state index is 0.0473. The van der Waals surface area contributed by atoms with Gasteiger partial charge in [-0.1, -0.05) is 0 Å². The van der Waals surface area contributed by atoms with Gasteiger partial charge in [0.15, 0.2) is 0 Å². The van der Waals surface area contributed by atoms with Crippen LogP contribution >= 0.6 is 11.3 Å². The van der Waals surface area contributed by atoms with Gasteiger partial charge in [0.25, 0.3) is 10.0 Å². The summed E-state index contributed by atoms with van der Waals surface area (Å²) in [5.41, 5.74) is 0. The zero-order chi connectivity index (χ0) is 14.9. The molecule has 2 rings (SSSR count). The molecule has 0 aromatic carbocycles. The van der Waals surface area contributed by atoms with E-state index >= 15 is 0 Å². The van der Waals surface area contributed by atoms with Crippen LogP contribution in [-0.4, -0.2) is 24.5 Å². The molecule has 2 N–H and O–H groups in total. The van der Waals surface area contributed by atoms with Crippen molar-refractivity contribution in [2.45, 2.75) is 11.8 Å². The molecule has 2 aromatic rings. The lowest BCUT2D eigenvalue weighted by atomic mass is 10.4. The molecule has 0 aliphatic carbocycles. The molecule has 0 spiro atoms. The Labute approximate surface area is 118 Å². The largest absolute Gasteiger partial charge is 0.477 e. The lowest BCUT2D eigenvalue weighted by Gasteiger charge is -2.06. The fourth-order valence-electron chi connectivity index (χ4n) is 1.47. The summed E-state index contributed by atoms with van der Waals surface area (Å²) in [5, 5.41) is 8.85. The monoisotopic (exact) mass is 316 g/mol. The van der Waals surface area contributed by atoms with Crippen LogP contribution < -0.4 is 4.72 Å². The van der Waals surface area contributed by atoms with E-state index in [2.05, 4.69) is 9.71 Å². The number of carboxylic acids is 1. The molecule has 0 radical (unpaired) electrons. The Morgan fingerprint density at radius 3 is 2.65 bits per heavy atom. The van der Waals surface area contributed by atoms with Crippen LogP contribution in [0.5, 0.6) is 0 Å². The van der Waals surface area contributed by atoms with Crippen LogP contribution in [0.15, 0.2) is 29.3 Å². The van der Waals surface area contributed by atoms with Crippen molar-refractivity contribution in [3.63, 3.8) is 0 Å². The van der Waals surface area contributed by atoms with E-state index in [9.17, 15) is 17.6 Å². The number of sulfonamides is 1. The van der Waals surface area contributed by atoms with Gasteiger partial charge < -0.3 is 5.11 Å². The Bertz CT molecular complexity index is 753. The number of hydrogen-bond acceptors (Lipinski definition) is 5. The second-order valence-corrected chi connectivity index (χ2v) is 6.71. The number of nitrogens with zero attached hydrogens (tertiary/aromatic N) is 1. The van der Waals surface area contributed by atoms with E-state index in [1.54, 1.807) is 0 Å². The van der Waals surface area contributed by atoms with Crippen LogP contribution in [0, 0.1) is 12.7 Å². The van der Waals surface area contributed by atoms with Crippen LogP contribution in [0.25, 0.3) is 0 Å². The maximum atomic E-state index is 12.7. The van der Waals surface area contributed by atoms with Crippen LogP contribution in [-0.2, 0) is 10.0 Å². The molecule has 0 aliphatic heterocycles. The van der Waals surface area contributed by atoms with E-state index in [-0.39, 0.29) is 15.6 Å². The minimum Gasteiger partial charge on any atom is -0.477 e. The van der Waals surface area contributed by atoms with Crippen LogP contribution in [0.3, 0.4) is 0 Å². The van der Waals surface area contributed by atoms with Crippen molar-refractivity contribution < 1.29 is 22.7 Å². The Balaban J connectivity index is 2.35. The number of thiophene rings is 1. The van der Waals surface area contributed by atoms with Gasteiger partial charge in [-0.25, -0.2) is 22.6 Å². The highest BCUT2D eigenvalue weighted by Crippen LogP contribution is 2.27. The van der Waals surface area contributed by atoms with Crippen LogP contribution in [0.4, 0.5) is 10.2 Å². The van der Waals surface area contributed by atoms with E-state index in [0.717, 1.165) is 29.7 Å². The van der Waals surface area contributed by atoms with E-state index in [4.69, 9.17) is 5.11 Å². The number of hydrogen-bond donors (Lipinski definition) is 2. The molecule has 0 bridgehead atoms. The molecule has 0 saturated carbocycles. The number of aryl methyl sites for hydroxylation is 1. The molecule has 0 fully saturated rings. The molecule has 0 aliphatic rings. The molecule has 2 heterocycles. The normalized spacial score (nSPS) is 11.3. The summed E-state index contributed by atoms with van der Waals surface area (Å²) >= 11 is 0.863. The number of anilines is 1. The first kappa shape index (κ1) is 14.4. The smallest absolute Gasteiger partial charge is 0.345 e. The SMILES string of the molecule is Cc1sc(C(=O)O)cc1S(=O)(=O)Nc1ccc(F)cn1. The maximum Gasteiger partial charge on any atom is 0.345 e. The van der Waals surface area contributed by atoms with Crippen molar-refractivity contribution in [1.29, 1.82) is 0 Å². The highest BCUT2D eigenvalue weighted by Gasteiger charge is 2.22. The van der Waals surface area contributed by atoms with Gasteiger partial charge in [-0.2, -0.15) is 0 Å². The van der Waals surface area contributed by atoms with Crippen molar-refractivity contribution >= 4 is 33.1 Å². The van der Waals surface area contributed by atoms with Crippen LogP contribution in [0.1, 0.15) is 14.5 Å². The number of carbonyl (C=O) groups is 1. The second kappa shape index (κ2) is 5.17. The fraction of sp³-hybridized carbons (Fsp3) is 0.0909. The first-order chi connectivity index (χ1) is 9.29. The Morgan fingerprint density at radius 2 is 2.15 bits per heavy atom. The van der Waals surface area contributed by atoms with Crippen LogP contribution in [0.2, 0.25) is 0 Å². The molecule has 106 valence electrons. The van der Waals surface area contributed by atoms with Crippen molar-refractivity contribution in [2.75, 3.05) is 4.72 Å². The number of carboxylic acid groups (broad SMARTS) is 1. The average molecular weight is 316 g/mol. The summed E-state index contributed by atoms with van der Waals surface area (Å²) in [6.45, 7) is 1.50. The summed E-state index contributed by atoms with van der Waals surface area (Å²) in [6.07, 6.45) is 0.876. The number of nitrogens with one attached hydrogen (secondary N) is 1. The van der Waals surface area contributed by atoms with Crippen molar-refractivity contribution in [3.05, 3.63) is 40.0 Å². The minimum atomic E-state index is -3.96. The Kier molecular flexibility index (Phi) is 3.73. The van der Waals surface area contributed by atoms with E-state index < -0.39 is 21.8 Å². The molecule has 0 saturated heterocycles. The molecule has 6 nitrogen and oxygen atoms in total. The lowest BCUT2D eigenvalue weighted by Crippen LogP contribution is -2.14. The van der Waals surface area contributed by atoms with E-state index in [0.29, 0.717) is 4.88 Å². The second-order valence-electron chi connectivity index (χ2n) is 3.80. The van der Waals surface area contributed by atoms with Gasteiger partial charge in [-0.15, -0.1) is 11.3 Å². The Morgan fingerprint density at radius 1 is 1.45 bits per heavy atom. The van der Waals surface area contributed by atoms with Gasteiger partial charge in [0.2, 0.25) is 0 Å². The number of aromatic carboxylic acids is 1. The third-order valence-corrected chi connectivity index (χ3v) is 4.99. The highest BCUT2D eigenvalue weighted by atomic mass is 32.2. The summed E-state index contributed by atoms with van der Waals surface area (Å²) < 4.78 is 39.1. The Hall–Kier alpha value is -2.00. The molecule has 0 unspecified atom stereocenters. The summed E-state index contributed by atoms with van der Waals surface area (Å²) in [4.78, 5) is 14.5. The molecular weight excluding hydrogens is 307 g/mol. The maximum absolute atomic E-state index is 12.7. The number of aromatic nitrogens is 1. The zero-order valence-electron chi connectivity index (χ0n) is 10.1. The average Bonchev–Trinajstić information content (AvgIpc) is 2.75. The number of rotatable bonds is 4. The molecule has 0 atom stereocenters. The molecule has 0 amide bonds. The first-order valence-electron chi connectivity index (χ1n) is 5.28. The predicted molar refractivity (Wildman–Crippen MR) is 71.0 cm³/mol. The van der Waals surface area contributed by atoms with Crippen molar-refractivity contribution in [2.24, 2.45) is 0 Å². The van der Waals surface area contributed by atoms with Crippen molar-refractivity contribution in [1.82, 2.24) is 4.98 Å². The van der Waals surface area contributed by atoms with Gasteiger partial charge in [0.05, 0.1) is 6.20 Å². The predicted octanol–water partition coefficient (Wildman–Crippen LogP) is 2.09. The van der Waals surface area contributed by atoms with Gasteiger partial charge in [-0.05, 0) is 25.1 Å². The lowest BCUT2D eigenvalue weighted by molar-refractivity contribution is 0.0702. The van der Waals surface area contributed by atoms with Crippen molar-refractivity contribution in [3.8, 4) is 0 Å². The molecular formula is C11H9FN2O4S2. The topological polar surface area (TPSA) is 96.4 Å². The zero-order valence-corrected chi connectivity index (χ0v) is 11.8. The van der Waals surface area contributed by atoms with Gasteiger partial charge >= 0.3 is 5.97 Å². The molecule has 9 heteroatoms. The summed E-state index contributed by atoms with van der Waals surface area (Å²) in [5.74, 6) is -1.83. The summed E-state index contributed by atoms with van der Waals surface area (Å²) in [6, 6.07) is 3.31. The standard InChI is InChI=1S/C11H9FN2O4S2/c1-6-9(4-8(19-6)11(15)16)20(17,18)14-10-3-2-7(12)5-13-10/h2-5H,1H3,(H,13,14)(H,15,16). The third kappa shape index (κ3) is 2.94. The van der Waals surface area contributed by atoms with Gasteiger partial charge in [0.1, 0.15) is 21.4 Å². The summed E-state index contributed by atoms with van der Waals surface area (Å²) in [7, 11) is -3.96. The number of pyridine rings is 1. The fourth-order valence-corrected chi connectivity index (χ4v) is 3.91. The molecule has 2 aromatic heterocycles. The quantitative estimate of drug-likeness (QED) is 0.900. The third-order valence-electron chi connectivity index (χ3n) is 2.34. The number of halogens is 1. The van der Waals surface area contributed by atoms with E-state index in [1.165, 1.54) is 13.0 Å². The van der Waals surface area contributed by atoms with E-state index in [1.807, 2.05) is 0 Å². The first-order valence-corrected chi connectivity index (χ1v) is 7.57. The molecule has 20 heavy (non-hydrogen) atoms. The van der Waals surface area contributed by atoms with Gasteiger partial charge in [-0.3, -0.25) is 4.72 Å². The van der Waals surface area contributed by atoms with Gasteiger partial charge in [0, 0.05) is 4.88 Å². The highest BCUT2D eigenvalue weighted by molar-refractivity contribution is 7.93.